The fourth-order valence-electron chi connectivity index (χ4n) is 9.12. The van der Waals surface area contributed by atoms with E-state index in [9.17, 15) is 0 Å². The van der Waals surface area contributed by atoms with E-state index in [-0.39, 0.29) is 43.4 Å². The van der Waals surface area contributed by atoms with Crippen LogP contribution in [0.15, 0.2) is 180 Å². The molecule has 67 heavy (non-hydrogen) atoms. The van der Waals surface area contributed by atoms with Crippen LogP contribution in [0.3, 0.4) is 0 Å². The third-order valence-corrected chi connectivity index (χ3v) is 12.2. The molecule has 0 aliphatic rings. The number of pyridine rings is 1. The van der Waals surface area contributed by atoms with Gasteiger partial charge in [-0.1, -0.05) is 135 Å². The second-order valence-electron chi connectivity index (χ2n) is 17.3. The standard InChI is InChI=1S/C60H44N4O2.Pt/c1-38-16-6-7-19-44(38)50-36-61-58(32-39(50)2)64-52-24-10-8-20-46(52)47-30-29-43(35-55(47)64)65-42-18-14-17-41(34-42)62-37-63(54-26-12-11-25-53(54)62)59-45(22-15-23-51(59)60(3,4)5)40-28-31-57-49(33-40)48-21-9-13-27-56(48)66-57;/h6-33,36H,1-5H3;/q-2;/i1D3,2D3,6D,7D,16D,19D;. The smallest absolute Gasteiger partial charge is 0.268 e. The molecule has 0 fully saturated rings. The summed E-state index contributed by atoms with van der Waals surface area (Å²) in [5, 5.41) is 3.66. The van der Waals surface area contributed by atoms with Gasteiger partial charge in [0.05, 0.1) is 22.2 Å². The Morgan fingerprint density at radius 1 is 0.657 bits per heavy atom. The van der Waals surface area contributed by atoms with E-state index in [1.165, 1.54) is 12.3 Å². The molecular formula is C60H44N4O2Pt-2. The van der Waals surface area contributed by atoms with E-state index in [2.05, 4.69) is 97.3 Å². The second kappa shape index (κ2) is 16.4. The van der Waals surface area contributed by atoms with Crippen molar-refractivity contribution in [2.75, 3.05) is 0 Å². The van der Waals surface area contributed by atoms with Gasteiger partial charge in [0, 0.05) is 68.8 Å². The summed E-state index contributed by atoms with van der Waals surface area (Å²) in [6.07, 6.45) is 4.88. The zero-order valence-corrected chi connectivity index (χ0v) is 38.6. The molecule has 0 atom stereocenters. The average Bonchev–Trinajstić information content (AvgIpc) is 4.08. The predicted octanol–water partition coefficient (Wildman–Crippen LogP) is 14.7. The zero-order valence-electron chi connectivity index (χ0n) is 46.4. The summed E-state index contributed by atoms with van der Waals surface area (Å²) < 4.78 is 103. The number of fused-ring (bicyclic) bond motifs is 7. The number of rotatable bonds is 7. The Kier molecular flexibility index (Phi) is 7.89. The van der Waals surface area contributed by atoms with Gasteiger partial charge in [-0.2, -0.15) is 18.2 Å². The number of nitrogens with zero attached hydrogens (tertiary/aromatic N) is 4. The van der Waals surface area contributed by atoms with Crippen LogP contribution in [0.5, 0.6) is 11.5 Å². The first kappa shape index (κ1) is 32.2. The molecule has 0 aliphatic carbocycles. The van der Waals surface area contributed by atoms with Gasteiger partial charge < -0.3 is 18.3 Å². The van der Waals surface area contributed by atoms with E-state index in [0.29, 0.717) is 28.2 Å². The molecule has 0 bridgehead atoms. The SMILES string of the molecule is [2H]c1c([2H])c([2H])c(C([2H])([2H])[2H])c(-c2cnc(-n3c4[c-]c(Oc5[c-]c(-n6[c-][n+](-c7c(-c8ccc9oc%10ccccc%10c9c8)cccc7C(C)(C)C)c7ccccc76)ccc5)ccc4c4ccccc43)cc2C([2H])([2H])[2H])c1[2H].[Pt]. The predicted molar refractivity (Wildman–Crippen MR) is 266 cm³/mol. The summed E-state index contributed by atoms with van der Waals surface area (Å²) in [5.41, 5.74) is 7.49. The van der Waals surface area contributed by atoms with Gasteiger partial charge in [0.2, 0.25) is 0 Å². The minimum atomic E-state index is -3.02. The summed E-state index contributed by atoms with van der Waals surface area (Å²) >= 11 is 0. The Hall–Kier alpha value is -7.53. The van der Waals surface area contributed by atoms with Crippen molar-refractivity contribution in [2.24, 2.45) is 0 Å². The molecule has 0 amide bonds. The molecule has 0 N–H and O–H groups in total. The van der Waals surface area contributed by atoms with Crippen molar-refractivity contribution in [3.05, 3.63) is 211 Å². The third kappa shape index (κ3) is 7.15. The fraction of sp³-hybridized carbons (Fsp3) is 0.100. The Morgan fingerprint density at radius 3 is 2.28 bits per heavy atom. The summed E-state index contributed by atoms with van der Waals surface area (Å²) in [5.74, 6) is 0.853. The van der Waals surface area contributed by atoms with E-state index < -0.39 is 49.0 Å². The molecule has 0 unspecified atom stereocenters. The first-order valence-corrected chi connectivity index (χ1v) is 21.5. The summed E-state index contributed by atoms with van der Waals surface area (Å²) in [6.45, 7) is 0.745. The van der Waals surface area contributed by atoms with Gasteiger partial charge >= 0.3 is 0 Å². The number of aromatic nitrogens is 4. The maximum atomic E-state index is 8.77. The minimum absolute atomic E-state index is 0. The Balaban J connectivity index is 0.00000631. The van der Waals surface area contributed by atoms with Crippen LogP contribution in [-0.4, -0.2) is 14.1 Å². The Morgan fingerprint density at radius 2 is 1.42 bits per heavy atom. The summed E-state index contributed by atoms with van der Waals surface area (Å²) in [6, 6.07) is 51.1. The van der Waals surface area contributed by atoms with Gasteiger partial charge in [-0.05, 0) is 93.9 Å². The molecule has 4 aromatic heterocycles. The quantitative estimate of drug-likeness (QED) is 0.118. The molecule has 0 aliphatic heterocycles. The maximum Gasteiger partial charge on any atom is 0.268 e. The number of para-hydroxylation sites is 5. The monoisotopic (exact) mass is 1060 g/mol. The molecule has 8 aromatic carbocycles. The molecular weight excluding hydrogens is 1000 g/mol. The molecule has 0 radical (unpaired) electrons. The number of hydrogen-bond donors (Lipinski definition) is 0. The van der Waals surface area contributed by atoms with Crippen LogP contribution in [0.2, 0.25) is 0 Å². The summed E-state index contributed by atoms with van der Waals surface area (Å²) in [4.78, 5) is 4.69. The average molecular weight is 1060 g/mol. The molecule has 0 spiro atoms. The van der Waals surface area contributed by atoms with Crippen molar-refractivity contribution >= 4 is 54.8 Å². The molecule has 12 aromatic rings. The van der Waals surface area contributed by atoms with Crippen LogP contribution >= 0.6 is 0 Å². The van der Waals surface area contributed by atoms with E-state index >= 15 is 0 Å². The number of aryl methyl sites for hydroxylation is 1. The maximum absolute atomic E-state index is 8.77. The Labute approximate surface area is 417 Å². The van der Waals surface area contributed by atoms with Crippen molar-refractivity contribution in [1.29, 1.82) is 0 Å². The van der Waals surface area contributed by atoms with E-state index in [1.54, 1.807) is 16.7 Å². The first-order valence-electron chi connectivity index (χ1n) is 26.5. The minimum Gasteiger partial charge on any atom is -0.510 e. The van der Waals surface area contributed by atoms with Gasteiger partial charge in [0.15, 0.2) is 0 Å². The van der Waals surface area contributed by atoms with Crippen LogP contribution in [0, 0.1) is 32.2 Å². The van der Waals surface area contributed by atoms with Gasteiger partial charge in [-0.25, -0.2) is 4.98 Å². The molecule has 12 rings (SSSR count). The van der Waals surface area contributed by atoms with Crippen molar-refractivity contribution < 1.29 is 48.5 Å². The van der Waals surface area contributed by atoms with Gasteiger partial charge in [0.25, 0.3) is 6.33 Å². The van der Waals surface area contributed by atoms with Gasteiger partial charge in [0.1, 0.15) is 17.0 Å². The zero-order chi connectivity index (χ0) is 53.2. The van der Waals surface area contributed by atoms with Crippen LogP contribution < -0.4 is 9.30 Å². The summed E-state index contributed by atoms with van der Waals surface area (Å²) in [7, 11) is 0. The normalized spacial score (nSPS) is 14.4. The Bertz CT molecular complexity index is 4360. The van der Waals surface area contributed by atoms with Crippen molar-refractivity contribution in [3.63, 3.8) is 0 Å². The van der Waals surface area contributed by atoms with Crippen LogP contribution in [0.1, 0.15) is 51.2 Å². The van der Waals surface area contributed by atoms with Crippen molar-refractivity contribution in [2.45, 2.75) is 39.9 Å². The molecule has 4 heterocycles. The molecule has 6 nitrogen and oxygen atoms in total. The fourth-order valence-corrected chi connectivity index (χ4v) is 9.12. The van der Waals surface area contributed by atoms with Crippen LogP contribution in [0.25, 0.3) is 94.2 Å². The van der Waals surface area contributed by atoms with Gasteiger partial charge in [-0.15, -0.1) is 29.7 Å². The van der Waals surface area contributed by atoms with E-state index in [4.69, 9.17) is 22.9 Å². The third-order valence-electron chi connectivity index (χ3n) is 12.2. The number of imidazole rings is 1. The number of hydrogen-bond acceptors (Lipinski definition) is 3. The molecule has 0 saturated carbocycles. The van der Waals surface area contributed by atoms with Crippen LogP contribution in [-0.2, 0) is 26.5 Å². The molecule has 328 valence electrons. The second-order valence-corrected chi connectivity index (χ2v) is 17.3. The number of ether oxygens (including phenoxy) is 1. The largest absolute Gasteiger partial charge is 0.510 e. The number of furan rings is 1. The van der Waals surface area contributed by atoms with Crippen molar-refractivity contribution in [1.82, 2.24) is 14.1 Å². The first-order chi connectivity index (χ1) is 36.3. The molecule has 0 saturated heterocycles. The van der Waals surface area contributed by atoms with Crippen molar-refractivity contribution in [3.8, 4) is 50.9 Å². The van der Waals surface area contributed by atoms with Crippen LogP contribution in [0.4, 0.5) is 0 Å². The molecule has 7 heteroatoms. The van der Waals surface area contributed by atoms with Gasteiger partial charge in [-0.3, -0.25) is 4.57 Å². The number of benzene rings is 8. The van der Waals surface area contributed by atoms with E-state index in [0.717, 1.165) is 66.1 Å². The topological polar surface area (TPSA) is 49.0 Å². The van der Waals surface area contributed by atoms with E-state index in [1.807, 2.05) is 83.4 Å².